The molecule has 0 bridgehead atoms. The van der Waals surface area contributed by atoms with Gasteiger partial charge in [-0.3, -0.25) is 15.6 Å². The van der Waals surface area contributed by atoms with Gasteiger partial charge in [0.15, 0.2) is 11.5 Å². The summed E-state index contributed by atoms with van der Waals surface area (Å²) in [4.78, 5) is 16.6. The molecule has 2 aliphatic rings. The van der Waals surface area contributed by atoms with E-state index in [1.165, 1.54) is 0 Å². The molecule has 10 nitrogen and oxygen atoms in total. The number of benzene rings is 1. The third kappa shape index (κ3) is 4.81. The summed E-state index contributed by atoms with van der Waals surface area (Å²) in [5, 5.41) is 17.7. The average molecular weight is 441 g/mol. The summed E-state index contributed by atoms with van der Waals surface area (Å²) < 4.78 is 1.99. The second-order valence-corrected chi connectivity index (χ2v) is 9.12. The Hall–Kier alpha value is -3.24. The fraction of sp³-hybridized carbons (Fsp3) is 0.455. The third-order valence-electron chi connectivity index (χ3n) is 5.78. The first-order valence-electron chi connectivity index (χ1n) is 11.0. The van der Waals surface area contributed by atoms with E-state index >= 15 is 0 Å². The molecule has 2 heterocycles. The van der Waals surface area contributed by atoms with E-state index in [0.717, 1.165) is 42.3 Å². The van der Waals surface area contributed by atoms with E-state index in [0.29, 0.717) is 18.3 Å². The van der Waals surface area contributed by atoms with E-state index in [4.69, 9.17) is 11.5 Å². The number of guanidine groups is 1. The number of aromatic nitrogens is 1. The van der Waals surface area contributed by atoms with Crippen LogP contribution in [0.3, 0.4) is 0 Å². The Kier molecular flexibility index (Phi) is 5.98. The zero-order valence-electron chi connectivity index (χ0n) is 18.5. The van der Waals surface area contributed by atoms with Crippen LogP contribution in [-0.4, -0.2) is 39.2 Å². The minimum Gasteiger partial charge on any atom is -0.389 e. The Balaban J connectivity index is 1.62. The van der Waals surface area contributed by atoms with Crippen LogP contribution in [0.2, 0.25) is 0 Å². The van der Waals surface area contributed by atoms with E-state index in [1.54, 1.807) is 13.8 Å². The van der Waals surface area contributed by atoms with Crippen LogP contribution in [0, 0.1) is 0 Å². The number of rotatable bonds is 6. The van der Waals surface area contributed by atoms with Crippen LogP contribution >= 0.6 is 0 Å². The van der Waals surface area contributed by atoms with Gasteiger partial charge in [0.25, 0.3) is 5.91 Å². The van der Waals surface area contributed by atoms with Crippen LogP contribution < -0.4 is 33.0 Å². The molecular formula is C22H32N8O2. The molecule has 1 amide bonds. The van der Waals surface area contributed by atoms with Gasteiger partial charge in [0.05, 0.1) is 17.7 Å². The summed E-state index contributed by atoms with van der Waals surface area (Å²) in [6, 6.07) is 7.92. The molecule has 32 heavy (non-hydrogen) atoms. The Morgan fingerprint density at radius 1 is 1.28 bits per heavy atom. The first-order chi connectivity index (χ1) is 15.2. The maximum absolute atomic E-state index is 12.0. The molecule has 1 saturated carbocycles. The first kappa shape index (κ1) is 22.0. The van der Waals surface area contributed by atoms with Crippen LogP contribution in [0.15, 0.2) is 47.0 Å². The number of nitrogens with zero attached hydrogens (tertiary/aromatic N) is 2. The molecule has 2 aromatic rings. The molecule has 0 unspecified atom stereocenters. The van der Waals surface area contributed by atoms with E-state index in [-0.39, 0.29) is 17.8 Å². The van der Waals surface area contributed by atoms with Crippen molar-refractivity contribution in [2.45, 2.75) is 63.8 Å². The zero-order chi connectivity index (χ0) is 22.9. The summed E-state index contributed by atoms with van der Waals surface area (Å²) in [5.74, 6) is 0.154. The fourth-order valence-electron chi connectivity index (χ4n) is 4.24. The van der Waals surface area contributed by atoms with Crippen molar-refractivity contribution in [3.63, 3.8) is 0 Å². The molecule has 2 atom stereocenters. The van der Waals surface area contributed by atoms with Crippen molar-refractivity contribution in [2.24, 2.45) is 16.5 Å². The Labute approximate surface area is 187 Å². The molecule has 9 N–H and O–H groups in total. The van der Waals surface area contributed by atoms with Crippen LogP contribution in [0.1, 0.15) is 39.5 Å². The van der Waals surface area contributed by atoms with Crippen molar-refractivity contribution < 1.29 is 9.90 Å². The van der Waals surface area contributed by atoms with Gasteiger partial charge in [-0.2, -0.15) is 4.99 Å². The summed E-state index contributed by atoms with van der Waals surface area (Å²) in [7, 11) is 0. The van der Waals surface area contributed by atoms with Crippen molar-refractivity contribution in [1.82, 2.24) is 20.7 Å². The lowest BCUT2D eigenvalue weighted by molar-refractivity contribution is -0.115. The van der Waals surface area contributed by atoms with Gasteiger partial charge in [-0.05, 0) is 44.9 Å². The normalized spacial score (nSPS) is 21.6. The van der Waals surface area contributed by atoms with Crippen molar-refractivity contribution in [1.29, 1.82) is 0 Å². The topological polar surface area (TPSA) is 155 Å². The standard InChI is InChI=1S/C22H32N8O2/c1-22(2,32)12-30-11-10-13-15(8-5-9-17(13)30)25-20-18(19(24)31)28-29-21(27-20)26-16-7-4-3-6-14(16)23/h5,8-11,14,16,25,28,32H,3-4,6-7,12,23H2,1-2H3,(H2,24,31)(H2,26,27,29)/t14-,16+/m0/s1. The number of anilines is 1. The number of carbonyl (C=O) groups is 1. The highest BCUT2D eigenvalue weighted by atomic mass is 16.3. The lowest BCUT2D eigenvalue weighted by Gasteiger charge is -2.32. The van der Waals surface area contributed by atoms with Gasteiger partial charge in [-0.1, -0.05) is 18.9 Å². The Morgan fingerprint density at radius 3 is 2.78 bits per heavy atom. The SMILES string of the molecule is CC(C)(O)Cn1ccc2c(NC3=C(C(N)=O)NNC(N[C@@H]4CCCC[C@@H]4N)=N3)cccc21. The molecule has 0 spiro atoms. The van der Waals surface area contributed by atoms with Crippen molar-refractivity contribution in [3.8, 4) is 0 Å². The zero-order valence-corrected chi connectivity index (χ0v) is 18.5. The number of hydrazine groups is 1. The van der Waals surface area contributed by atoms with Crippen molar-refractivity contribution >= 4 is 28.5 Å². The smallest absolute Gasteiger partial charge is 0.270 e. The van der Waals surface area contributed by atoms with Crippen molar-refractivity contribution in [3.05, 3.63) is 42.0 Å². The highest BCUT2D eigenvalue weighted by Crippen LogP contribution is 2.28. The van der Waals surface area contributed by atoms with E-state index in [9.17, 15) is 9.90 Å². The predicted molar refractivity (Wildman–Crippen MR) is 125 cm³/mol. The Bertz CT molecular complexity index is 1070. The number of aliphatic hydroxyl groups is 1. The van der Waals surface area contributed by atoms with Crippen LogP contribution in [0.5, 0.6) is 0 Å². The largest absolute Gasteiger partial charge is 0.389 e. The fourth-order valence-corrected chi connectivity index (χ4v) is 4.24. The van der Waals surface area contributed by atoms with Gasteiger partial charge in [-0.15, -0.1) is 0 Å². The molecule has 1 aromatic heterocycles. The molecule has 1 aliphatic heterocycles. The predicted octanol–water partition coefficient (Wildman–Crippen LogP) is 0.802. The molecular weight excluding hydrogens is 408 g/mol. The van der Waals surface area contributed by atoms with Crippen molar-refractivity contribution in [2.75, 3.05) is 5.32 Å². The second kappa shape index (κ2) is 8.71. The number of amides is 1. The van der Waals surface area contributed by atoms with Crippen LogP contribution in [0.25, 0.3) is 10.9 Å². The molecule has 1 aromatic carbocycles. The molecule has 1 aliphatic carbocycles. The van der Waals surface area contributed by atoms with E-state index in [1.807, 2.05) is 35.0 Å². The van der Waals surface area contributed by atoms with Crippen LogP contribution in [0.4, 0.5) is 5.69 Å². The highest BCUT2D eigenvalue weighted by Gasteiger charge is 2.25. The molecule has 4 rings (SSSR count). The van der Waals surface area contributed by atoms with Gasteiger partial charge < -0.3 is 31.8 Å². The summed E-state index contributed by atoms with van der Waals surface area (Å²) in [6.07, 6.45) is 6.11. The van der Waals surface area contributed by atoms with Gasteiger partial charge in [-0.25, -0.2) is 0 Å². The van der Waals surface area contributed by atoms with Crippen LogP contribution in [-0.2, 0) is 11.3 Å². The minimum atomic E-state index is -0.846. The number of primary amides is 1. The molecule has 1 fully saturated rings. The molecule has 172 valence electrons. The van der Waals surface area contributed by atoms with E-state index in [2.05, 4.69) is 26.5 Å². The number of nitrogens with one attached hydrogen (secondary N) is 4. The highest BCUT2D eigenvalue weighted by molar-refractivity contribution is 5.97. The van der Waals surface area contributed by atoms with Gasteiger partial charge in [0.1, 0.15) is 0 Å². The monoisotopic (exact) mass is 440 g/mol. The number of nitrogens with two attached hydrogens (primary N) is 2. The quantitative estimate of drug-likeness (QED) is 0.350. The number of hydrogen-bond donors (Lipinski definition) is 7. The molecule has 0 saturated heterocycles. The average Bonchev–Trinajstić information content (AvgIpc) is 3.12. The molecule has 0 radical (unpaired) electrons. The lowest BCUT2D eigenvalue weighted by atomic mass is 9.91. The Morgan fingerprint density at radius 2 is 2.06 bits per heavy atom. The second-order valence-electron chi connectivity index (χ2n) is 9.12. The maximum Gasteiger partial charge on any atom is 0.270 e. The van der Waals surface area contributed by atoms with Gasteiger partial charge in [0, 0.05) is 29.4 Å². The third-order valence-corrected chi connectivity index (χ3v) is 5.78. The van der Waals surface area contributed by atoms with Gasteiger partial charge >= 0.3 is 0 Å². The number of aliphatic imine (C=N–C) groups is 1. The summed E-state index contributed by atoms with van der Waals surface area (Å²) in [5.41, 5.74) is 18.6. The van der Waals surface area contributed by atoms with Gasteiger partial charge in [0.2, 0.25) is 5.96 Å². The minimum absolute atomic E-state index is 0.0514. The summed E-state index contributed by atoms with van der Waals surface area (Å²) >= 11 is 0. The molecule has 10 heteroatoms. The number of hydrogen-bond acceptors (Lipinski definition) is 8. The maximum atomic E-state index is 12.0. The first-order valence-corrected chi connectivity index (χ1v) is 11.0. The number of carbonyl (C=O) groups excluding carboxylic acids is 1. The van der Waals surface area contributed by atoms with E-state index < -0.39 is 11.5 Å². The summed E-state index contributed by atoms with van der Waals surface area (Å²) in [6.45, 7) is 3.99. The lowest BCUT2D eigenvalue weighted by Crippen LogP contribution is -2.57. The number of fused-ring (bicyclic) bond motifs is 1.